The van der Waals surface area contributed by atoms with Crippen molar-refractivity contribution in [3.8, 4) is 11.3 Å². The molecule has 1 atom stereocenters. The Morgan fingerprint density at radius 3 is 2.78 bits per heavy atom. The number of aromatic nitrogens is 2. The molecule has 5 heteroatoms. The van der Waals surface area contributed by atoms with Gasteiger partial charge in [0, 0.05) is 32.3 Å². The van der Waals surface area contributed by atoms with Gasteiger partial charge in [-0.15, -0.1) is 10.2 Å². The zero-order valence-electron chi connectivity index (χ0n) is 13.6. The Bertz CT molecular complexity index is 588. The molecule has 3 rings (SSSR count). The third-order valence-electron chi connectivity index (χ3n) is 4.29. The van der Waals surface area contributed by atoms with Crippen LogP contribution in [0.2, 0.25) is 0 Å². The number of ether oxygens (including phenoxy) is 1. The first kappa shape index (κ1) is 15.9. The summed E-state index contributed by atoms with van der Waals surface area (Å²) in [5, 5.41) is 12.0. The molecule has 2 heterocycles. The second-order valence-electron chi connectivity index (χ2n) is 6.00. The van der Waals surface area contributed by atoms with Gasteiger partial charge in [-0.05, 0) is 31.0 Å². The van der Waals surface area contributed by atoms with Gasteiger partial charge in [-0.2, -0.15) is 0 Å². The summed E-state index contributed by atoms with van der Waals surface area (Å²) in [5.74, 6) is 1.52. The van der Waals surface area contributed by atoms with E-state index in [1.165, 1.54) is 6.42 Å². The lowest BCUT2D eigenvalue weighted by Crippen LogP contribution is -2.26. The van der Waals surface area contributed by atoms with Gasteiger partial charge in [0.15, 0.2) is 0 Å². The zero-order valence-corrected chi connectivity index (χ0v) is 13.6. The molecule has 1 aromatic carbocycles. The molecule has 122 valence electrons. The third kappa shape index (κ3) is 4.50. The number of likely N-dealkylation sites (tertiary alicyclic amines) is 1. The SMILES string of the molecule is COCCN1CCC(CNc2ccc(-c3ccccc3)nn2)C1. The van der Waals surface area contributed by atoms with Gasteiger partial charge in [0.25, 0.3) is 0 Å². The Labute approximate surface area is 137 Å². The first-order valence-electron chi connectivity index (χ1n) is 8.19. The van der Waals surface area contributed by atoms with Crippen molar-refractivity contribution in [2.45, 2.75) is 6.42 Å². The molecule has 1 unspecified atom stereocenters. The van der Waals surface area contributed by atoms with Crippen LogP contribution in [0.4, 0.5) is 5.82 Å². The summed E-state index contributed by atoms with van der Waals surface area (Å²) in [4.78, 5) is 2.46. The number of methoxy groups -OCH3 is 1. The summed E-state index contributed by atoms with van der Waals surface area (Å²) in [6.45, 7) is 5.08. The lowest BCUT2D eigenvalue weighted by atomic mass is 10.1. The second kappa shape index (κ2) is 8.04. The minimum Gasteiger partial charge on any atom is -0.383 e. The van der Waals surface area contributed by atoms with Gasteiger partial charge in [-0.25, -0.2) is 0 Å². The molecule has 1 N–H and O–H groups in total. The number of benzene rings is 1. The fourth-order valence-corrected chi connectivity index (χ4v) is 2.94. The summed E-state index contributed by atoms with van der Waals surface area (Å²) in [6, 6.07) is 14.1. The molecular weight excluding hydrogens is 288 g/mol. The van der Waals surface area contributed by atoms with Gasteiger partial charge in [0.1, 0.15) is 5.82 Å². The van der Waals surface area contributed by atoms with Crippen LogP contribution in [0.3, 0.4) is 0 Å². The van der Waals surface area contributed by atoms with Crippen molar-refractivity contribution < 1.29 is 4.74 Å². The predicted molar refractivity (Wildman–Crippen MR) is 92.4 cm³/mol. The maximum Gasteiger partial charge on any atom is 0.148 e. The molecule has 1 saturated heterocycles. The van der Waals surface area contributed by atoms with Crippen molar-refractivity contribution in [2.24, 2.45) is 5.92 Å². The highest BCUT2D eigenvalue weighted by atomic mass is 16.5. The zero-order chi connectivity index (χ0) is 15.9. The van der Waals surface area contributed by atoms with Crippen LogP contribution < -0.4 is 5.32 Å². The minimum absolute atomic E-state index is 0.669. The summed E-state index contributed by atoms with van der Waals surface area (Å²) in [5.41, 5.74) is 2.00. The Kier molecular flexibility index (Phi) is 5.56. The molecule has 1 aliphatic heterocycles. The van der Waals surface area contributed by atoms with Crippen molar-refractivity contribution >= 4 is 5.82 Å². The Hall–Kier alpha value is -1.98. The molecule has 1 fully saturated rings. The van der Waals surface area contributed by atoms with E-state index in [4.69, 9.17) is 4.74 Å². The van der Waals surface area contributed by atoms with E-state index >= 15 is 0 Å². The smallest absolute Gasteiger partial charge is 0.148 e. The molecular formula is C18H24N4O. The Balaban J connectivity index is 1.48. The average Bonchev–Trinajstić information content (AvgIpc) is 3.07. The van der Waals surface area contributed by atoms with Crippen LogP contribution in [0.15, 0.2) is 42.5 Å². The van der Waals surface area contributed by atoms with E-state index in [1.807, 2.05) is 42.5 Å². The molecule has 0 spiro atoms. The van der Waals surface area contributed by atoms with Crippen LogP contribution >= 0.6 is 0 Å². The van der Waals surface area contributed by atoms with E-state index < -0.39 is 0 Å². The maximum absolute atomic E-state index is 5.14. The van der Waals surface area contributed by atoms with Crippen LogP contribution in [0.5, 0.6) is 0 Å². The van der Waals surface area contributed by atoms with E-state index in [1.54, 1.807) is 7.11 Å². The van der Waals surface area contributed by atoms with Crippen molar-refractivity contribution in [3.63, 3.8) is 0 Å². The van der Waals surface area contributed by atoms with E-state index in [0.717, 1.165) is 49.9 Å². The van der Waals surface area contributed by atoms with Gasteiger partial charge in [0.2, 0.25) is 0 Å². The molecule has 1 aliphatic rings. The molecule has 5 nitrogen and oxygen atoms in total. The van der Waals surface area contributed by atoms with Crippen LogP contribution in [0.25, 0.3) is 11.3 Å². The van der Waals surface area contributed by atoms with E-state index in [-0.39, 0.29) is 0 Å². The summed E-state index contributed by atoms with van der Waals surface area (Å²) >= 11 is 0. The number of hydrogen-bond donors (Lipinski definition) is 1. The largest absolute Gasteiger partial charge is 0.383 e. The molecule has 0 bridgehead atoms. The van der Waals surface area contributed by atoms with Gasteiger partial charge in [-0.1, -0.05) is 30.3 Å². The molecule has 0 amide bonds. The highest BCUT2D eigenvalue weighted by Gasteiger charge is 2.21. The number of nitrogens with zero attached hydrogens (tertiary/aromatic N) is 3. The number of hydrogen-bond acceptors (Lipinski definition) is 5. The van der Waals surface area contributed by atoms with Gasteiger partial charge < -0.3 is 15.0 Å². The summed E-state index contributed by atoms with van der Waals surface area (Å²) in [6.07, 6.45) is 1.23. The number of rotatable bonds is 7. The van der Waals surface area contributed by atoms with Gasteiger partial charge in [-0.3, -0.25) is 0 Å². The first-order chi connectivity index (χ1) is 11.3. The maximum atomic E-state index is 5.14. The van der Waals surface area contributed by atoms with Gasteiger partial charge >= 0.3 is 0 Å². The van der Waals surface area contributed by atoms with Crippen LogP contribution in [-0.2, 0) is 4.74 Å². The van der Waals surface area contributed by atoms with Crippen LogP contribution in [0.1, 0.15) is 6.42 Å². The molecule has 1 aromatic heterocycles. The highest BCUT2D eigenvalue weighted by Crippen LogP contribution is 2.18. The van der Waals surface area contributed by atoms with Gasteiger partial charge in [0.05, 0.1) is 12.3 Å². The quantitative estimate of drug-likeness (QED) is 0.851. The predicted octanol–water partition coefficient (Wildman–Crippen LogP) is 2.52. The normalized spacial score (nSPS) is 18.2. The topological polar surface area (TPSA) is 50.3 Å². The highest BCUT2D eigenvalue weighted by molar-refractivity contribution is 5.59. The van der Waals surface area contributed by atoms with Crippen LogP contribution in [0, 0.1) is 5.92 Å². The lowest BCUT2D eigenvalue weighted by Gasteiger charge is -2.15. The summed E-state index contributed by atoms with van der Waals surface area (Å²) in [7, 11) is 1.76. The number of anilines is 1. The van der Waals surface area contributed by atoms with Crippen LogP contribution in [-0.4, -0.2) is 55.0 Å². The van der Waals surface area contributed by atoms with E-state index in [2.05, 4.69) is 20.4 Å². The Morgan fingerprint density at radius 1 is 1.17 bits per heavy atom. The molecule has 2 aromatic rings. The van der Waals surface area contributed by atoms with Crippen molar-refractivity contribution in [2.75, 3.05) is 45.2 Å². The van der Waals surface area contributed by atoms with E-state index in [9.17, 15) is 0 Å². The fourth-order valence-electron chi connectivity index (χ4n) is 2.94. The summed E-state index contributed by atoms with van der Waals surface area (Å²) < 4.78 is 5.14. The Morgan fingerprint density at radius 2 is 2.04 bits per heavy atom. The fraction of sp³-hybridized carbons (Fsp3) is 0.444. The molecule has 0 radical (unpaired) electrons. The third-order valence-corrected chi connectivity index (χ3v) is 4.29. The average molecular weight is 312 g/mol. The number of nitrogens with one attached hydrogen (secondary N) is 1. The van der Waals surface area contributed by atoms with Crippen molar-refractivity contribution in [1.29, 1.82) is 0 Å². The molecule has 0 saturated carbocycles. The van der Waals surface area contributed by atoms with Crippen molar-refractivity contribution in [1.82, 2.24) is 15.1 Å². The van der Waals surface area contributed by atoms with Crippen molar-refractivity contribution in [3.05, 3.63) is 42.5 Å². The molecule has 23 heavy (non-hydrogen) atoms. The second-order valence-corrected chi connectivity index (χ2v) is 6.00. The minimum atomic E-state index is 0.669. The first-order valence-corrected chi connectivity index (χ1v) is 8.19. The standard InChI is InChI=1S/C18H24N4O/c1-23-12-11-22-10-9-15(14-22)13-19-18-8-7-17(20-21-18)16-5-3-2-4-6-16/h2-8,15H,9-14H2,1H3,(H,19,21). The van der Waals surface area contributed by atoms with E-state index in [0.29, 0.717) is 5.92 Å². The lowest BCUT2D eigenvalue weighted by molar-refractivity contribution is 0.159. The monoisotopic (exact) mass is 312 g/mol. The molecule has 0 aliphatic carbocycles.